The molecule has 58 valence electrons. The normalized spacial score (nSPS) is 10.0. The Hall–Kier alpha value is -1.46. The summed E-state index contributed by atoms with van der Waals surface area (Å²) in [7, 11) is 0. The number of nitriles is 1. The van der Waals surface area contributed by atoms with Gasteiger partial charge in [0.15, 0.2) is 0 Å². The highest BCUT2D eigenvalue weighted by molar-refractivity contribution is 6.35. The lowest BCUT2D eigenvalue weighted by atomic mass is 10.2. The molecule has 0 aliphatic heterocycles. The molecule has 3 heteroatoms. The molecule has 1 heterocycles. The number of benzene rings is 1. The largest absolute Gasteiger partial charge is 0.361 e. The maximum atomic E-state index is 8.64. The Labute approximate surface area is 74.4 Å². The van der Waals surface area contributed by atoms with Gasteiger partial charge in [-0.25, -0.2) is 0 Å². The third-order valence-corrected chi connectivity index (χ3v) is 2.06. The van der Waals surface area contributed by atoms with E-state index in [-0.39, 0.29) is 0 Å². The third-order valence-electron chi connectivity index (χ3n) is 1.75. The minimum atomic E-state index is 0.579. The topological polar surface area (TPSA) is 39.6 Å². The number of nitrogens with zero attached hydrogens (tertiary/aromatic N) is 1. The molecule has 2 aromatic rings. The molecular formula is C9H5ClN2. The summed E-state index contributed by atoms with van der Waals surface area (Å²) >= 11 is 5.91. The summed E-state index contributed by atoms with van der Waals surface area (Å²) in [5.41, 5.74) is 1.48. The number of H-pyrrole nitrogens is 1. The van der Waals surface area contributed by atoms with E-state index in [0.717, 1.165) is 10.9 Å². The summed E-state index contributed by atoms with van der Waals surface area (Å²) in [6.45, 7) is 0. The highest BCUT2D eigenvalue weighted by Gasteiger charge is 2.01. The first kappa shape index (κ1) is 7.20. The molecule has 1 aromatic heterocycles. The first-order valence-corrected chi connectivity index (χ1v) is 3.86. The van der Waals surface area contributed by atoms with E-state index < -0.39 is 0 Å². The van der Waals surface area contributed by atoms with Gasteiger partial charge in [-0.2, -0.15) is 5.26 Å². The zero-order valence-electron chi connectivity index (χ0n) is 6.13. The predicted octanol–water partition coefficient (Wildman–Crippen LogP) is 2.69. The second-order valence-electron chi connectivity index (χ2n) is 2.51. The Morgan fingerprint density at radius 2 is 2.25 bits per heavy atom. The van der Waals surface area contributed by atoms with Crippen molar-refractivity contribution in [2.45, 2.75) is 0 Å². The molecule has 2 nitrogen and oxygen atoms in total. The van der Waals surface area contributed by atoms with Crippen LogP contribution in [0.2, 0.25) is 5.02 Å². The molecule has 0 fully saturated rings. The van der Waals surface area contributed by atoms with Crippen molar-refractivity contribution in [3.63, 3.8) is 0 Å². The Morgan fingerprint density at radius 1 is 1.42 bits per heavy atom. The zero-order valence-corrected chi connectivity index (χ0v) is 6.89. The maximum absolute atomic E-state index is 8.64. The Kier molecular flexibility index (Phi) is 1.53. The van der Waals surface area contributed by atoms with E-state index in [4.69, 9.17) is 16.9 Å². The lowest BCUT2D eigenvalue weighted by Gasteiger charge is -1.94. The van der Waals surface area contributed by atoms with Gasteiger partial charge in [-0.1, -0.05) is 11.6 Å². The van der Waals surface area contributed by atoms with Gasteiger partial charge in [-0.05, 0) is 18.2 Å². The van der Waals surface area contributed by atoms with E-state index in [2.05, 4.69) is 4.98 Å². The second kappa shape index (κ2) is 2.54. The van der Waals surface area contributed by atoms with E-state index in [1.54, 1.807) is 18.3 Å². The van der Waals surface area contributed by atoms with Crippen molar-refractivity contribution in [2.24, 2.45) is 0 Å². The van der Waals surface area contributed by atoms with Gasteiger partial charge in [0, 0.05) is 17.1 Å². The van der Waals surface area contributed by atoms with E-state index in [9.17, 15) is 0 Å². The first-order chi connectivity index (χ1) is 5.81. The van der Waals surface area contributed by atoms with Crippen LogP contribution in [0.5, 0.6) is 0 Å². The van der Waals surface area contributed by atoms with Gasteiger partial charge in [0.05, 0.1) is 16.7 Å². The quantitative estimate of drug-likeness (QED) is 0.659. The minimum Gasteiger partial charge on any atom is -0.361 e. The standard InChI is InChI=1S/C9H5ClN2/c10-8-3-6(5-11)4-9-7(8)1-2-12-9/h1-4,12H. The fraction of sp³-hybridized carbons (Fsp3) is 0. The molecule has 0 aliphatic carbocycles. The van der Waals surface area contributed by atoms with Crippen LogP contribution in [0, 0.1) is 11.3 Å². The van der Waals surface area contributed by atoms with Crippen LogP contribution >= 0.6 is 11.6 Å². The van der Waals surface area contributed by atoms with Crippen molar-refractivity contribution < 1.29 is 0 Å². The van der Waals surface area contributed by atoms with Crippen LogP contribution in [0.3, 0.4) is 0 Å². The monoisotopic (exact) mass is 176 g/mol. The summed E-state index contributed by atoms with van der Waals surface area (Å²) in [6.07, 6.45) is 1.80. The lowest BCUT2D eigenvalue weighted by Crippen LogP contribution is -1.75. The van der Waals surface area contributed by atoms with Crippen LogP contribution in [0.4, 0.5) is 0 Å². The number of fused-ring (bicyclic) bond motifs is 1. The van der Waals surface area contributed by atoms with Gasteiger partial charge in [0.1, 0.15) is 0 Å². The molecule has 0 aliphatic rings. The number of hydrogen-bond donors (Lipinski definition) is 1. The molecule has 0 saturated carbocycles. The molecule has 0 unspecified atom stereocenters. The Bertz CT molecular complexity index is 465. The van der Waals surface area contributed by atoms with Crippen LogP contribution < -0.4 is 0 Å². The van der Waals surface area contributed by atoms with Crippen molar-refractivity contribution >= 4 is 22.5 Å². The first-order valence-electron chi connectivity index (χ1n) is 3.48. The van der Waals surface area contributed by atoms with Crippen molar-refractivity contribution in [2.75, 3.05) is 0 Å². The maximum Gasteiger partial charge on any atom is 0.0992 e. The van der Waals surface area contributed by atoms with Crippen LogP contribution in [0.1, 0.15) is 5.56 Å². The van der Waals surface area contributed by atoms with Crippen LogP contribution in [0.25, 0.3) is 10.9 Å². The highest BCUT2D eigenvalue weighted by atomic mass is 35.5. The van der Waals surface area contributed by atoms with Gasteiger partial charge < -0.3 is 4.98 Å². The molecule has 12 heavy (non-hydrogen) atoms. The predicted molar refractivity (Wildman–Crippen MR) is 48.0 cm³/mol. The highest BCUT2D eigenvalue weighted by Crippen LogP contribution is 2.23. The molecule has 0 spiro atoms. The molecule has 1 N–H and O–H groups in total. The second-order valence-corrected chi connectivity index (χ2v) is 2.92. The van der Waals surface area contributed by atoms with Gasteiger partial charge in [-0.15, -0.1) is 0 Å². The number of rotatable bonds is 0. The van der Waals surface area contributed by atoms with Crippen LogP contribution in [-0.4, -0.2) is 4.98 Å². The van der Waals surface area contributed by atoms with E-state index in [0.29, 0.717) is 10.6 Å². The third kappa shape index (κ3) is 0.956. The summed E-state index contributed by atoms with van der Waals surface area (Å²) in [6, 6.07) is 7.38. The number of hydrogen-bond acceptors (Lipinski definition) is 1. The number of halogens is 1. The average molecular weight is 177 g/mol. The average Bonchev–Trinajstić information content (AvgIpc) is 2.52. The van der Waals surface area contributed by atoms with Crippen molar-refractivity contribution in [3.05, 3.63) is 35.0 Å². The smallest absolute Gasteiger partial charge is 0.0992 e. The zero-order chi connectivity index (χ0) is 8.55. The number of aromatic nitrogens is 1. The Morgan fingerprint density at radius 3 is 3.00 bits per heavy atom. The number of aromatic amines is 1. The molecule has 0 atom stereocenters. The van der Waals surface area contributed by atoms with E-state index in [1.165, 1.54) is 0 Å². The molecule has 0 amide bonds. The van der Waals surface area contributed by atoms with Gasteiger partial charge >= 0.3 is 0 Å². The van der Waals surface area contributed by atoms with Crippen LogP contribution in [0.15, 0.2) is 24.4 Å². The summed E-state index contributed by atoms with van der Waals surface area (Å²) in [4.78, 5) is 3.00. The van der Waals surface area contributed by atoms with E-state index >= 15 is 0 Å². The van der Waals surface area contributed by atoms with E-state index in [1.807, 2.05) is 12.1 Å². The van der Waals surface area contributed by atoms with Gasteiger partial charge in [-0.3, -0.25) is 0 Å². The van der Waals surface area contributed by atoms with Gasteiger partial charge in [0.2, 0.25) is 0 Å². The Balaban J connectivity index is 2.86. The molecule has 0 bridgehead atoms. The van der Waals surface area contributed by atoms with Crippen molar-refractivity contribution in [1.82, 2.24) is 4.98 Å². The molecule has 2 rings (SSSR count). The van der Waals surface area contributed by atoms with Crippen molar-refractivity contribution in [1.29, 1.82) is 5.26 Å². The molecule has 0 radical (unpaired) electrons. The molecular weight excluding hydrogens is 172 g/mol. The minimum absolute atomic E-state index is 0.579. The number of nitrogens with one attached hydrogen (secondary N) is 1. The summed E-state index contributed by atoms with van der Waals surface area (Å²) in [5, 5.41) is 10.2. The fourth-order valence-corrected chi connectivity index (χ4v) is 1.47. The molecule has 1 aromatic carbocycles. The lowest BCUT2D eigenvalue weighted by molar-refractivity contribution is 1.46. The fourth-order valence-electron chi connectivity index (χ4n) is 1.19. The summed E-state index contributed by atoms with van der Waals surface area (Å²) in [5.74, 6) is 0. The summed E-state index contributed by atoms with van der Waals surface area (Å²) < 4.78 is 0. The SMILES string of the molecule is N#Cc1cc(Cl)c2cc[nH]c2c1. The molecule has 0 saturated heterocycles. The van der Waals surface area contributed by atoms with Gasteiger partial charge in [0.25, 0.3) is 0 Å². The van der Waals surface area contributed by atoms with Crippen LogP contribution in [-0.2, 0) is 0 Å². The van der Waals surface area contributed by atoms with Crippen molar-refractivity contribution in [3.8, 4) is 6.07 Å².